The number of hydrogen-bond donors (Lipinski definition) is 1. The zero-order chi connectivity index (χ0) is 10.7. The Balaban J connectivity index is 1.81. The van der Waals surface area contributed by atoms with Crippen molar-refractivity contribution in [1.29, 1.82) is 0 Å². The van der Waals surface area contributed by atoms with Gasteiger partial charge in [-0.3, -0.25) is 9.79 Å². The highest BCUT2D eigenvalue weighted by molar-refractivity contribution is 8.16. The number of aliphatic imine (C=N–C) groups is 1. The van der Waals surface area contributed by atoms with Crippen LogP contribution in [-0.4, -0.2) is 42.0 Å². The van der Waals surface area contributed by atoms with Crippen LogP contribution >= 0.6 is 11.8 Å². The van der Waals surface area contributed by atoms with E-state index in [1.165, 1.54) is 0 Å². The molecule has 0 bridgehead atoms. The van der Waals surface area contributed by atoms with E-state index in [4.69, 9.17) is 4.74 Å². The van der Waals surface area contributed by atoms with Crippen LogP contribution in [-0.2, 0) is 9.53 Å². The van der Waals surface area contributed by atoms with Crippen LogP contribution in [0.25, 0.3) is 0 Å². The van der Waals surface area contributed by atoms with Gasteiger partial charge in [-0.15, -0.1) is 0 Å². The number of amides is 1. The van der Waals surface area contributed by atoms with E-state index >= 15 is 0 Å². The van der Waals surface area contributed by atoms with Crippen LogP contribution < -0.4 is 5.32 Å². The van der Waals surface area contributed by atoms with Crippen LogP contribution in [0.1, 0.15) is 19.8 Å². The summed E-state index contributed by atoms with van der Waals surface area (Å²) in [6.07, 6.45) is 1.83. The third-order valence-corrected chi connectivity index (χ3v) is 3.64. The molecule has 0 saturated carbocycles. The summed E-state index contributed by atoms with van der Waals surface area (Å²) in [5.74, 6) is -0.00347. The van der Waals surface area contributed by atoms with Gasteiger partial charge in [-0.2, -0.15) is 0 Å². The van der Waals surface area contributed by atoms with Crippen LogP contribution in [0, 0.1) is 0 Å². The van der Waals surface area contributed by atoms with Gasteiger partial charge in [0.05, 0.1) is 6.54 Å². The number of carbonyl (C=O) groups is 1. The van der Waals surface area contributed by atoms with Gasteiger partial charge in [0.1, 0.15) is 0 Å². The molecule has 2 heterocycles. The number of nitrogens with one attached hydrogen (secondary N) is 1. The quantitative estimate of drug-likeness (QED) is 0.761. The minimum atomic E-state index is -0.00347. The summed E-state index contributed by atoms with van der Waals surface area (Å²) in [6, 6.07) is 0.269. The lowest BCUT2D eigenvalue weighted by atomic mass is 10.1. The standard InChI is InChI=1S/C10H16N2O2S/c1-7-6-11-10(15-7)9(13)12-8-2-4-14-5-3-8/h7-8H,2-6H2,1H3,(H,12,13). The lowest BCUT2D eigenvalue weighted by molar-refractivity contribution is -0.115. The topological polar surface area (TPSA) is 50.7 Å². The molecular formula is C10H16N2O2S. The number of hydrogen-bond acceptors (Lipinski definition) is 4. The maximum absolute atomic E-state index is 11.8. The van der Waals surface area contributed by atoms with E-state index in [1.54, 1.807) is 11.8 Å². The third kappa shape index (κ3) is 2.95. The van der Waals surface area contributed by atoms with Crippen LogP contribution in [0.5, 0.6) is 0 Å². The fraction of sp³-hybridized carbons (Fsp3) is 0.800. The van der Waals surface area contributed by atoms with Crippen LogP contribution in [0.3, 0.4) is 0 Å². The van der Waals surface area contributed by atoms with Gasteiger partial charge in [-0.1, -0.05) is 18.7 Å². The summed E-state index contributed by atoms with van der Waals surface area (Å²) >= 11 is 1.57. The Morgan fingerprint density at radius 1 is 1.53 bits per heavy atom. The molecule has 1 N–H and O–H groups in total. The average molecular weight is 228 g/mol. The Labute approximate surface area is 93.9 Å². The van der Waals surface area contributed by atoms with Crippen LogP contribution in [0.15, 0.2) is 4.99 Å². The first-order valence-corrected chi connectivity index (χ1v) is 6.23. The van der Waals surface area contributed by atoms with Gasteiger partial charge in [-0.05, 0) is 12.8 Å². The molecule has 1 fully saturated rings. The Morgan fingerprint density at radius 2 is 2.27 bits per heavy atom. The van der Waals surface area contributed by atoms with Crippen molar-refractivity contribution in [2.45, 2.75) is 31.1 Å². The van der Waals surface area contributed by atoms with Crippen LogP contribution in [0.2, 0.25) is 0 Å². The smallest absolute Gasteiger partial charge is 0.276 e. The molecule has 1 amide bonds. The van der Waals surface area contributed by atoms with E-state index in [-0.39, 0.29) is 11.9 Å². The lowest BCUT2D eigenvalue weighted by Gasteiger charge is -2.22. The molecule has 1 saturated heterocycles. The maximum atomic E-state index is 11.8. The van der Waals surface area contributed by atoms with Gasteiger partial charge >= 0.3 is 0 Å². The monoisotopic (exact) mass is 228 g/mol. The van der Waals surface area contributed by atoms with Gasteiger partial charge in [-0.25, -0.2) is 0 Å². The van der Waals surface area contributed by atoms with Crippen molar-refractivity contribution in [1.82, 2.24) is 5.32 Å². The molecule has 0 aromatic carbocycles. The number of ether oxygens (including phenoxy) is 1. The summed E-state index contributed by atoms with van der Waals surface area (Å²) in [7, 11) is 0. The molecule has 0 radical (unpaired) electrons. The predicted molar refractivity (Wildman–Crippen MR) is 61.3 cm³/mol. The van der Waals surface area contributed by atoms with Crippen molar-refractivity contribution in [3.05, 3.63) is 0 Å². The summed E-state index contributed by atoms with van der Waals surface area (Å²) in [6.45, 7) is 4.35. The molecule has 0 aromatic rings. The molecule has 0 aliphatic carbocycles. The molecule has 4 nitrogen and oxygen atoms in total. The zero-order valence-electron chi connectivity index (χ0n) is 8.86. The van der Waals surface area contributed by atoms with Crippen molar-refractivity contribution < 1.29 is 9.53 Å². The van der Waals surface area contributed by atoms with Crippen molar-refractivity contribution in [2.24, 2.45) is 4.99 Å². The normalized spacial score (nSPS) is 27.5. The van der Waals surface area contributed by atoms with Crippen molar-refractivity contribution in [2.75, 3.05) is 19.8 Å². The highest BCUT2D eigenvalue weighted by atomic mass is 32.2. The summed E-state index contributed by atoms with van der Waals surface area (Å²) < 4.78 is 5.24. The van der Waals surface area contributed by atoms with E-state index in [0.29, 0.717) is 10.3 Å². The molecule has 0 aromatic heterocycles. The Kier molecular flexibility index (Phi) is 3.64. The number of rotatable bonds is 2. The minimum absolute atomic E-state index is 0.00347. The summed E-state index contributed by atoms with van der Waals surface area (Å²) in [5, 5.41) is 4.10. The Morgan fingerprint density at radius 3 is 2.87 bits per heavy atom. The molecule has 2 aliphatic heterocycles. The first-order valence-electron chi connectivity index (χ1n) is 5.35. The second-order valence-electron chi connectivity index (χ2n) is 3.93. The molecule has 15 heavy (non-hydrogen) atoms. The molecule has 1 atom stereocenters. The summed E-state index contributed by atoms with van der Waals surface area (Å²) in [4.78, 5) is 16.0. The largest absolute Gasteiger partial charge is 0.381 e. The zero-order valence-corrected chi connectivity index (χ0v) is 9.68. The van der Waals surface area contributed by atoms with E-state index in [1.807, 2.05) is 0 Å². The van der Waals surface area contributed by atoms with E-state index in [2.05, 4.69) is 17.2 Å². The van der Waals surface area contributed by atoms with Gasteiger partial charge < -0.3 is 10.1 Å². The van der Waals surface area contributed by atoms with Crippen molar-refractivity contribution >= 4 is 22.7 Å². The predicted octanol–water partition coefficient (Wildman–Crippen LogP) is 0.815. The van der Waals surface area contributed by atoms with Gasteiger partial charge in [0.25, 0.3) is 5.91 Å². The van der Waals surface area contributed by atoms with Crippen LogP contribution in [0.4, 0.5) is 0 Å². The minimum Gasteiger partial charge on any atom is -0.381 e. The Hall–Kier alpha value is -0.550. The fourth-order valence-corrected chi connectivity index (χ4v) is 2.54. The molecule has 2 rings (SSSR count). The van der Waals surface area contributed by atoms with Gasteiger partial charge in [0.2, 0.25) is 0 Å². The molecule has 84 valence electrons. The second kappa shape index (κ2) is 4.99. The molecule has 2 aliphatic rings. The SMILES string of the molecule is CC1CN=C(C(=O)NC2CCOCC2)S1. The molecule has 1 unspecified atom stereocenters. The second-order valence-corrected chi connectivity index (χ2v) is 5.36. The molecule has 5 heteroatoms. The highest BCUT2D eigenvalue weighted by Crippen LogP contribution is 2.20. The number of nitrogens with zero attached hydrogens (tertiary/aromatic N) is 1. The van der Waals surface area contributed by atoms with E-state index < -0.39 is 0 Å². The lowest BCUT2D eigenvalue weighted by Crippen LogP contribution is -2.41. The first kappa shape index (κ1) is 11.0. The molecule has 0 spiro atoms. The van der Waals surface area contributed by atoms with E-state index in [0.717, 1.165) is 32.6 Å². The van der Waals surface area contributed by atoms with Crippen molar-refractivity contribution in [3.63, 3.8) is 0 Å². The average Bonchev–Trinajstić information content (AvgIpc) is 2.66. The fourth-order valence-electron chi connectivity index (χ4n) is 1.69. The number of carbonyl (C=O) groups excluding carboxylic acids is 1. The van der Waals surface area contributed by atoms with Crippen molar-refractivity contribution in [3.8, 4) is 0 Å². The van der Waals surface area contributed by atoms with E-state index in [9.17, 15) is 4.79 Å². The first-order chi connectivity index (χ1) is 7.25. The summed E-state index contributed by atoms with van der Waals surface area (Å²) in [5.41, 5.74) is 0. The maximum Gasteiger partial charge on any atom is 0.276 e. The van der Waals surface area contributed by atoms with Gasteiger partial charge in [0.15, 0.2) is 5.04 Å². The number of thioether (sulfide) groups is 1. The highest BCUT2D eigenvalue weighted by Gasteiger charge is 2.24. The Bertz CT molecular complexity index is 275. The third-order valence-electron chi connectivity index (χ3n) is 2.56. The van der Waals surface area contributed by atoms with Gasteiger partial charge in [0, 0.05) is 24.5 Å². The molecular weight excluding hydrogens is 212 g/mol.